The second kappa shape index (κ2) is 6.49. The Morgan fingerprint density at radius 1 is 1.07 bits per heavy atom. The maximum Gasteiger partial charge on any atom is 0.416 e. The van der Waals surface area contributed by atoms with Crippen molar-refractivity contribution in [1.82, 2.24) is 5.32 Å². The summed E-state index contributed by atoms with van der Waals surface area (Å²) in [6, 6.07) is 7.74. The van der Waals surface area contributed by atoms with Gasteiger partial charge in [0, 0.05) is 23.4 Å². The van der Waals surface area contributed by atoms with Crippen molar-refractivity contribution in [2.75, 3.05) is 11.9 Å². The highest BCUT2D eigenvalue weighted by Crippen LogP contribution is 2.39. The molecule has 2 aliphatic rings. The summed E-state index contributed by atoms with van der Waals surface area (Å²) >= 11 is 0. The first-order valence-corrected chi connectivity index (χ1v) is 8.62. The van der Waals surface area contributed by atoms with Crippen molar-refractivity contribution in [2.24, 2.45) is 4.99 Å². The average Bonchev–Trinajstić information content (AvgIpc) is 2.77. The van der Waals surface area contributed by atoms with Crippen molar-refractivity contribution in [2.45, 2.75) is 25.6 Å². The second-order valence-electron chi connectivity index (χ2n) is 6.69. The number of hydrogen-bond acceptors (Lipinski definition) is 3. The van der Waals surface area contributed by atoms with Crippen LogP contribution in [0.25, 0.3) is 0 Å². The van der Waals surface area contributed by atoms with Crippen LogP contribution >= 0.6 is 0 Å². The van der Waals surface area contributed by atoms with Crippen molar-refractivity contribution in [3.63, 3.8) is 0 Å². The molecule has 1 atom stereocenters. The van der Waals surface area contributed by atoms with E-state index < -0.39 is 17.6 Å². The van der Waals surface area contributed by atoms with E-state index in [1.165, 1.54) is 24.3 Å². The normalized spacial score (nSPS) is 19.2. The van der Waals surface area contributed by atoms with E-state index in [0.29, 0.717) is 41.3 Å². The van der Waals surface area contributed by atoms with Gasteiger partial charge in [-0.1, -0.05) is 6.08 Å². The standard InChI is InChI=1S/C20H17F4N3/c1-11-8-12(6-7-25-11)19-15-9-13(20(22,23)24)2-4-16(15)26-17-5-3-14(21)10-18(17)27-19/h2-5,8-11,25-26H,6-7H2,1H3/t11-/m0/s1. The summed E-state index contributed by atoms with van der Waals surface area (Å²) in [4.78, 5) is 4.57. The number of anilines is 2. The van der Waals surface area contributed by atoms with E-state index in [-0.39, 0.29) is 6.04 Å². The van der Waals surface area contributed by atoms with Crippen LogP contribution in [0.5, 0.6) is 0 Å². The number of hydrogen-bond donors (Lipinski definition) is 2. The molecule has 0 aromatic heterocycles. The van der Waals surface area contributed by atoms with Gasteiger partial charge in [-0.15, -0.1) is 0 Å². The molecule has 2 aromatic carbocycles. The summed E-state index contributed by atoms with van der Waals surface area (Å²) in [5.41, 5.74) is 2.34. The topological polar surface area (TPSA) is 36.4 Å². The van der Waals surface area contributed by atoms with Crippen LogP contribution in [-0.4, -0.2) is 18.3 Å². The molecule has 27 heavy (non-hydrogen) atoms. The molecule has 7 heteroatoms. The highest BCUT2D eigenvalue weighted by molar-refractivity contribution is 6.18. The van der Waals surface area contributed by atoms with E-state index in [4.69, 9.17) is 0 Å². The first-order chi connectivity index (χ1) is 12.8. The molecule has 4 rings (SSSR count). The highest BCUT2D eigenvalue weighted by atomic mass is 19.4. The lowest BCUT2D eigenvalue weighted by Crippen LogP contribution is -2.31. The van der Waals surface area contributed by atoms with Crippen LogP contribution in [0.4, 0.5) is 34.6 Å². The molecule has 0 bridgehead atoms. The van der Waals surface area contributed by atoms with E-state index in [2.05, 4.69) is 15.6 Å². The number of aliphatic imine (C=N–C) groups is 1. The minimum atomic E-state index is -4.46. The summed E-state index contributed by atoms with van der Waals surface area (Å²) < 4.78 is 53.6. The van der Waals surface area contributed by atoms with E-state index in [1.807, 2.05) is 13.0 Å². The molecule has 2 heterocycles. The van der Waals surface area contributed by atoms with Crippen LogP contribution in [0.3, 0.4) is 0 Å². The van der Waals surface area contributed by atoms with Crippen LogP contribution in [0.15, 0.2) is 53.0 Å². The third-order valence-corrected chi connectivity index (χ3v) is 4.68. The molecule has 0 unspecified atom stereocenters. The molecule has 0 amide bonds. The van der Waals surface area contributed by atoms with Gasteiger partial charge in [0.15, 0.2) is 0 Å². The summed E-state index contributed by atoms with van der Waals surface area (Å²) in [5, 5.41) is 6.37. The lowest BCUT2D eigenvalue weighted by Gasteiger charge is -2.22. The number of benzene rings is 2. The number of halogens is 4. The van der Waals surface area contributed by atoms with Crippen molar-refractivity contribution < 1.29 is 17.6 Å². The summed E-state index contributed by atoms with van der Waals surface area (Å²) in [5.74, 6) is -0.451. The molecule has 2 aromatic rings. The van der Waals surface area contributed by atoms with Crippen LogP contribution in [0.1, 0.15) is 24.5 Å². The van der Waals surface area contributed by atoms with Crippen LogP contribution in [0.2, 0.25) is 0 Å². The van der Waals surface area contributed by atoms with Gasteiger partial charge in [-0.05, 0) is 55.8 Å². The lowest BCUT2D eigenvalue weighted by molar-refractivity contribution is -0.137. The van der Waals surface area contributed by atoms with E-state index in [1.54, 1.807) is 0 Å². The second-order valence-corrected chi connectivity index (χ2v) is 6.69. The molecule has 2 aliphatic heterocycles. The first-order valence-electron chi connectivity index (χ1n) is 8.62. The highest BCUT2D eigenvalue weighted by Gasteiger charge is 2.32. The van der Waals surface area contributed by atoms with Crippen molar-refractivity contribution in [3.05, 3.63) is 65.0 Å². The van der Waals surface area contributed by atoms with Gasteiger partial charge in [0.05, 0.1) is 22.6 Å². The maximum absolute atomic E-state index is 13.7. The summed E-state index contributed by atoms with van der Waals surface area (Å²) in [7, 11) is 0. The molecule has 0 radical (unpaired) electrons. The van der Waals surface area contributed by atoms with Crippen molar-refractivity contribution in [3.8, 4) is 0 Å². The van der Waals surface area contributed by atoms with Gasteiger partial charge >= 0.3 is 6.18 Å². The fourth-order valence-electron chi connectivity index (χ4n) is 3.37. The fourth-order valence-corrected chi connectivity index (χ4v) is 3.37. The monoisotopic (exact) mass is 375 g/mol. The lowest BCUT2D eigenvalue weighted by atomic mass is 9.93. The molecular formula is C20H17F4N3. The Hall–Kier alpha value is -2.67. The molecule has 3 nitrogen and oxygen atoms in total. The Bertz CT molecular complexity index is 960. The molecule has 140 valence electrons. The van der Waals surface area contributed by atoms with Crippen molar-refractivity contribution in [1.29, 1.82) is 0 Å². The van der Waals surface area contributed by atoms with Gasteiger partial charge in [-0.2, -0.15) is 13.2 Å². The Morgan fingerprint density at radius 2 is 1.85 bits per heavy atom. The zero-order chi connectivity index (χ0) is 19.2. The molecule has 2 N–H and O–H groups in total. The number of nitrogens with one attached hydrogen (secondary N) is 2. The predicted octanol–water partition coefficient (Wildman–Crippen LogP) is 5.33. The van der Waals surface area contributed by atoms with E-state index in [9.17, 15) is 17.6 Å². The summed E-state index contributed by atoms with van der Waals surface area (Å²) in [6.45, 7) is 2.67. The third kappa shape index (κ3) is 3.47. The van der Waals surface area contributed by atoms with E-state index in [0.717, 1.165) is 17.7 Å². The molecule has 0 spiro atoms. The molecule has 0 saturated carbocycles. The average molecular weight is 375 g/mol. The minimum Gasteiger partial charge on any atom is -0.353 e. The van der Waals surface area contributed by atoms with Crippen LogP contribution < -0.4 is 10.6 Å². The Balaban J connectivity index is 1.95. The molecule has 0 aliphatic carbocycles. The van der Waals surface area contributed by atoms with Gasteiger partial charge in [0.25, 0.3) is 0 Å². The first kappa shape index (κ1) is 17.7. The maximum atomic E-state index is 13.7. The van der Waals surface area contributed by atoms with E-state index >= 15 is 0 Å². The smallest absolute Gasteiger partial charge is 0.353 e. The SMILES string of the molecule is C[C@H]1C=C(C2=Nc3cc(F)ccc3Nc3ccc(C(F)(F)F)cc32)CCN1. The number of rotatable bonds is 1. The van der Waals surface area contributed by atoms with Gasteiger partial charge in [0.2, 0.25) is 0 Å². The quantitative estimate of drug-likeness (QED) is 0.661. The number of fused-ring (bicyclic) bond motifs is 2. The fraction of sp³-hybridized carbons (Fsp3) is 0.250. The van der Waals surface area contributed by atoms with Gasteiger partial charge in [-0.25, -0.2) is 9.38 Å². The summed E-state index contributed by atoms with van der Waals surface area (Å²) in [6.07, 6.45) is -1.87. The van der Waals surface area contributed by atoms with Crippen LogP contribution in [-0.2, 0) is 6.18 Å². The molecule has 0 fully saturated rings. The Morgan fingerprint density at radius 3 is 2.59 bits per heavy atom. The zero-order valence-electron chi connectivity index (χ0n) is 14.5. The third-order valence-electron chi connectivity index (χ3n) is 4.68. The van der Waals surface area contributed by atoms with Crippen molar-refractivity contribution >= 4 is 22.8 Å². The Labute approximate surface area is 153 Å². The largest absolute Gasteiger partial charge is 0.416 e. The zero-order valence-corrected chi connectivity index (χ0v) is 14.5. The van der Waals surface area contributed by atoms with Crippen LogP contribution in [0, 0.1) is 5.82 Å². The number of alkyl halides is 3. The van der Waals surface area contributed by atoms with Gasteiger partial charge < -0.3 is 10.6 Å². The number of nitrogens with zero attached hydrogens (tertiary/aromatic N) is 1. The molecule has 0 saturated heterocycles. The Kier molecular flexibility index (Phi) is 4.26. The minimum absolute atomic E-state index is 0.0777. The predicted molar refractivity (Wildman–Crippen MR) is 97.5 cm³/mol. The van der Waals surface area contributed by atoms with Gasteiger partial charge in [0.1, 0.15) is 5.82 Å². The molecular weight excluding hydrogens is 358 g/mol. The van der Waals surface area contributed by atoms with Gasteiger partial charge in [-0.3, -0.25) is 0 Å².